The van der Waals surface area contributed by atoms with Gasteiger partial charge in [0, 0.05) is 42.4 Å². The Hall–Kier alpha value is -3.15. The van der Waals surface area contributed by atoms with E-state index in [0.29, 0.717) is 17.8 Å². The molecule has 1 aliphatic heterocycles. The van der Waals surface area contributed by atoms with Crippen LogP contribution in [0.5, 0.6) is 0 Å². The summed E-state index contributed by atoms with van der Waals surface area (Å²) in [6.07, 6.45) is 2.14. The summed E-state index contributed by atoms with van der Waals surface area (Å²) in [5, 5.41) is 10.4. The van der Waals surface area contributed by atoms with E-state index in [0.717, 1.165) is 22.5 Å². The number of aromatic amines is 1. The number of aryl methyl sites for hydroxylation is 1. The fourth-order valence-corrected chi connectivity index (χ4v) is 3.99. The second-order valence-electron chi connectivity index (χ2n) is 8.81. The smallest absolute Gasteiger partial charge is 0.226 e. The van der Waals surface area contributed by atoms with Gasteiger partial charge in [-0.3, -0.25) is 14.7 Å². The van der Waals surface area contributed by atoms with Crippen LogP contribution in [0.2, 0.25) is 0 Å². The lowest BCUT2D eigenvalue weighted by molar-refractivity contribution is -0.116. The second kappa shape index (κ2) is 6.72. The number of carbonyl (C=O) groups excluding carboxylic acids is 2. The lowest BCUT2D eigenvalue weighted by Crippen LogP contribution is -2.24. The number of hydrogen-bond acceptors (Lipinski definition) is 3. The molecular weight excluding hydrogens is 364 g/mol. The number of nitrogens with one attached hydrogen (secondary N) is 2. The summed E-state index contributed by atoms with van der Waals surface area (Å²) >= 11 is 0. The molecule has 0 saturated carbocycles. The molecule has 0 spiro atoms. The van der Waals surface area contributed by atoms with E-state index in [9.17, 15) is 9.59 Å². The molecule has 1 aliphatic rings. The van der Waals surface area contributed by atoms with Crippen molar-refractivity contribution in [1.82, 2.24) is 14.8 Å². The van der Waals surface area contributed by atoms with Crippen molar-refractivity contribution < 1.29 is 9.59 Å². The van der Waals surface area contributed by atoms with Crippen molar-refractivity contribution in [2.24, 2.45) is 7.05 Å². The Morgan fingerprint density at radius 3 is 2.48 bits per heavy atom. The number of amides is 1. The predicted octanol–water partition coefficient (Wildman–Crippen LogP) is 4.39. The van der Waals surface area contributed by atoms with E-state index in [1.165, 1.54) is 5.56 Å². The van der Waals surface area contributed by atoms with Gasteiger partial charge in [0.1, 0.15) is 0 Å². The number of H-pyrrole nitrogens is 1. The Balaban J connectivity index is 1.82. The van der Waals surface area contributed by atoms with Gasteiger partial charge in [0.2, 0.25) is 5.91 Å². The molecule has 0 saturated heterocycles. The molecule has 3 heterocycles. The standard InChI is InChI=1S/C23H26N4O2/c1-13(28)15-10-18(27(5)12-15)17-11-19(29)24-22-20(17)21(25-26-22)14-6-8-16(9-7-14)23(2,3)4/h6-10,12,17H,11H2,1-5H3,(H2,24,25,26,29). The summed E-state index contributed by atoms with van der Waals surface area (Å²) in [6, 6.07) is 10.3. The van der Waals surface area contributed by atoms with Crippen LogP contribution in [-0.2, 0) is 17.3 Å². The van der Waals surface area contributed by atoms with Gasteiger partial charge in [-0.25, -0.2) is 0 Å². The molecule has 6 heteroatoms. The van der Waals surface area contributed by atoms with E-state index < -0.39 is 0 Å². The van der Waals surface area contributed by atoms with Gasteiger partial charge in [-0.1, -0.05) is 45.0 Å². The Bertz CT molecular complexity index is 1100. The minimum Gasteiger partial charge on any atom is -0.353 e. The third kappa shape index (κ3) is 3.39. The van der Waals surface area contributed by atoms with E-state index >= 15 is 0 Å². The first kappa shape index (κ1) is 19.2. The number of carbonyl (C=O) groups is 2. The number of Topliss-reactive ketones (excluding diaryl/α,β-unsaturated/α-hetero) is 1. The quantitative estimate of drug-likeness (QED) is 0.651. The van der Waals surface area contributed by atoms with Crippen LogP contribution in [0.3, 0.4) is 0 Å². The summed E-state index contributed by atoms with van der Waals surface area (Å²) in [4.78, 5) is 24.2. The van der Waals surface area contributed by atoms with Crippen LogP contribution in [-0.4, -0.2) is 26.5 Å². The molecule has 1 unspecified atom stereocenters. The van der Waals surface area contributed by atoms with Crippen molar-refractivity contribution in [3.63, 3.8) is 0 Å². The maximum atomic E-state index is 12.3. The Morgan fingerprint density at radius 2 is 1.90 bits per heavy atom. The zero-order valence-electron chi connectivity index (χ0n) is 17.5. The van der Waals surface area contributed by atoms with E-state index in [4.69, 9.17) is 0 Å². The minimum absolute atomic E-state index is 0.0116. The molecule has 1 amide bonds. The van der Waals surface area contributed by atoms with Gasteiger partial charge in [0.25, 0.3) is 0 Å². The van der Waals surface area contributed by atoms with Crippen LogP contribution in [0, 0.1) is 0 Å². The van der Waals surface area contributed by atoms with Gasteiger partial charge in [-0.15, -0.1) is 0 Å². The average molecular weight is 390 g/mol. The number of hydrogen-bond donors (Lipinski definition) is 2. The summed E-state index contributed by atoms with van der Waals surface area (Å²) in [6.45, 7) is 8.12. The Kier molecular flexibility index (Phi) is 4.45. The zero-order valence-corrected chi connectivity index (χ0v) is 17.5. The normalized spacial score (nSPS) is 16.4. The van der Waals surface area contributed by atoms with Crippen LogP contribution in [0.4, 0.5) is 5.82 Å². The molecule has 0 aliphatic carbocycles. The van der Waals surface area contributed by atoms with Crippen LogP contribution in [0.1, 0.15) is 67.2 Å². The minimum atomic E-state index is -0.173. The fraction of sp³-hybridized carbons (Fsp3) is 0.348. The van der Waals surface area contributed by atoms with Crippen LogP contribution in [0.25, 0.3) is 11.3 Å². The predicted molar refractivity (Wildman–Crippen MR) is 113 cm³/mol. The molecule has 6 nitrogen and oxygen atoms in total. The molecule has 4 rings (SSSR count). The monoisotopic (exact) mass is 390 g/mol. The van der Waals surface area contributed by atoms with E-state index in [-0.39, 0.29) is 23.0 Å². The fourth-order valence-electron chi connectivity index (χ4n) is 3.99. The van der Waals surface area contributed by atoms with Gasteiger partial charge >= 0.3 is 0 Å². The van der Waals surface area contributed by atoms with E-state index in [1.54, 1.807) is 6.92 Å². The van der Waals surface area contributed by atoms with Crippen molar-refractivity contribution >= 4 is 17.5 Å². The molecule has 29 heavy (non-hydrogen) atoms. The van der Waals surface area contributed by atoms with E-state index in [1.807, 2.05) is 23.9 Å². The molecule has 1 aromatic carbocycles. The van der Waals surface area contributed by atoms with Crippen molar-refractivity contribution in [2.75, 3.05) is 5.32 Å². The molecule has 0 bridgehead atoms. The molecule has 1 atom stereocenters. The maximum absolute atomic E-state index is 12.3. The van der Waals surface area contributed by atoms with Gasteiger partial charge in [-0.2, -0.15) is 5.10 Å². The maximum Gasteiger partial charge on any atom is 0.226 e. The zero-order chi connectivity index (χ0) is 20.9. The first-order chi connectivity index (χ1) is 13.6. The highest BCUT2D eigenvalue weighted by atomic mass is 16.1. The second-order valence-corrected chi connectivity index (χ2v) is 8.81. The molecule has 150 valence electrons. The van der Waals surface area contributed by atoms with Crippen LogP contribution in [0.15, 0.2) is 36.5 Å². The number of aromatic nitrogens is 3. The van der Waals surface area contributed by atoms with Crippen molar-refractivity contribution in [3.05, 3.63) is 58.9 Å². The number of rotatable bonds is 3. The lowest BCUT2D eigenvalue weighted by atomic mass is 9.84. The summed E-state index contributed by atoms with van der Waals surface area (Å²) in [5.41, 5.74) is 5.80. The summed E-state index contributed by atoms with van der Waals surface area (Å²) in [7, 11) is 1.91. The van der Waals surface area contributed by atoms with Crippen molar-refractivity contribution in [1.29, 1.82) is 0 Å². The molecular formula is C23H26N4O2. The van der Waals surface area contributed by atoms with Gasteiger partial charge in [0.05, 0.1) is 5.69 Å². The van der Waals surface area contributed by atoms with E-state index in [2.05, 4.69) is 60.6 Å². The van der Waals surface area contributed by atoms with Gasteiger partial charge in [-0.05, 0) is 29.5 Å². The highest BCUT2D eigenvalue weighted by molar-refractivity contribution is 5.97. The number of fused-ring (bicyclic) bond motifs is 1. The number of nitrogens with zero attached hydrogens (tertiary/aromatic N) is 2. The van der Waals surface area contributed by atoms with Crippen molar-refractivity contribution in [2.45, 2.75) is 45.4 Å². The van der Waals surface area contributed by atoms with Gasteiger partial charge < -0.3 is 9.88 Å². The first-order valence-corrected chi connectivity index (χ1v) is 9.81. The highest BCUT2D eigenvalue weighted by Gasteiger charge is 2.33. The number of benzene rings is 1. The van der Waals surface area contributed by atoms with Crippen molar-refractivity contribution in [3.8, 4) is 11.3 Å². The van der Waals surface area contributed by atoms with Crippen LogP contribution >= 0.6 is 0 Å². The lowest BCUT2D eigenvalue weighted by Gasteiger charge is -2.24. The Morgan fingerprint density at radius 1 is 1.21 bits per heavy atom. The molecule has 2 N–H and O–H groups in total. The number of ketones is 1. The summed E-state index contributed by atoms with van der Waals surface area (Å²) in [5.74, 6) is 0.325. The molecule has 0 fully saturated rings. The first-order valence-electron chi connectivity index (χ1n) is 9.81. The van der Waals surface area contributed by atoms with Gasteiger partial charge in [0.15, 0.2) is 11.6 Å². The third-order valence-electron chi connectivity index (χ3n) is 5.65. The van der Waals surface area contributed by atoms with Crippen LogP contribution < -0.4 is 5.32 Å². The SMILES string of the molecule is CC(=O)c1cc(C2CC(=O)Nc3n[nH]c(-c4ccc(C(C)(C)C)cc4)c32)n(C)c1. The topological polar surface area (TPSA) is 79.8 Å². The highest BCUT2D eigenvalue weighted by Crippen LogP contribution is 2.42. The summed E-state index contributed by atoms with van der Waals surface area (Å²) < 4.78 is 1.93. The molecule has 3 aromatic rings. The Labute approximate surface area is 170 Å². The molecule has 2 aromatic heterocycles. The average Bonchev–Trinajstić information content (AvgIpc) is 3.24. The largest absolute Gasteiger partial charge is 0.353 e. The number of anilines is 1. The third-order valence-corrected chi connectivity index (χ3v) is 5.65. The molecule has 0 radical (unpaired) electrons.